The van der Waals surface area contributed by atoms with Crippen LogP contribution in [0.1, 0.15) is 107 Å². The second-order valence-corrected chi connectivity index (χ2v) is 23.4. The van der Waals surface area contributed by atoms with E-state index >= 15 is 0 Å². The van der Waals surface area contributed by atoms with Crippen LogP contribution < -0.4 is 4.74 Å². The fourth-order valence-corrected chi connectivity index (χ4v) is 12.3. The summed E-state index contributed by atoms with van der Waals surface area (Å²) in [5, 5.41) is 5.00. The summed E-state index contributed by atoms with van der Waals surface area (Å²) in [4.78, 5) is 16.0. The van der Waals surface area contributed by atoms with E-state index in [1.807, 2.05) is 19.1 Å². The van der Waals surface area contributed by atoms with Gasteiger partial charge in [0.15, 0.2) is 0 Å². The van der Waals surface area contributed by atoms with Gasteiger partial charge in [-0.1, -0.05) is 188 Å². The van der Waals surface area contributed by atoms with Crippen molar-refractivity contribution >= 4 is 65.7 Å². The van der Waals surface area contributed by atoms with Crippen LogP contribution in [-0.4, -0.2) is 24.1 Å². The maximum Gasteiger partial charge on any atom is 2.00 e. The molecular formula is C76H63N5O2Pt. The van der Waals surface area contributed by atoms with Crippen molar-refractivity contribution < 1.29 is 30.2 Å². The molecule has 0 aliphatic rings. The molecule has 0 N–H and O–H groups in total. The van der Waals surface area contributed by atoms with Crippen LogP contribution in [0.25, 0.3) is 122 Å². The molecule has 0 saturated heterocycles. The number of aromatic nitrogens is 5. The number of benzene rings is 10. The summed E-state index contributed by atoms with van der Waals surface area (Å²) >= 11 is 0. The Labute approximate surface area is 504 Å². The standard InChI is InChI=1S/C76H63N5O2.Pt/c1-44(2)58-37-54(49-21-12-10-13-22-49)38-59(45(3)4)72(58)80-68-29-18-16-27-66(68)78-75(80)53-25-20-26-56(35-53)82-57-41-64-63-36-52-34-33-51-32-31-48(9)77-71(51)62(52)43-70(63)83-74(64)65(42-57)76-79-67-28-17-19-30-69(67)81(76)73-60(46(5)6)39-55(40-61(73)47(7)8)50-23-14-11-15-24-50;/h10-34,36-41,43-47H,1-9H3;/q-2;+2. The van der Waals surface area contributed by atoms with Crippen molar-refractivity contribution in [2.75, 3.05) is 0 Å². The van der Waals surface area contributed by atoms with Gasteiger partial charge in [0, 0.05) is 44.7 Å². The molecule has 0 unspecified atom stereocenters. The molecule has 10 aromatic carbocycles. The smallest absolute Gasteiger partial charge is 0.501 e. The Balaban J connectivity index is 0.00000658. The Morgan fingerprint density at radius 1 is 0.429 bits per heavy atom. The number of nitrogens with zero attached hydrogens (tertiary/aromatic N) is 5. The Bertz CT molecular complexity index is 4800. The Morgan fingerprint density at radius 3 is 1.51 bits per heavy atom. The van der Waals surface area contributed by atoms with E-state index in [4.69, 9.17) is 24.1 Å². The molecule has 0 spiro atoms. The Morgan fingerprint density at radius 2 is 0.940 bits per heavy atom. The molecule has 0 bridgehead atoms. The first-order chi connectivity index (χ1) is 40.3. The van der Waals surface area contributed by atoms with Gasteiger partial charge in [-0.25, -0.2) is 0 Å². The van der Waals surface area contributed by atoms with Crippen LogP contribution >= 0.6 is 0 Å². The van der Waals surface area contributed by atoms with Gasteiger partial charge in [-0.3, -0.25) is 15.0 Å². The third-order valence-corrected chi connectivity index (χ3v) is 16.5. The summed E-state index contributed by atoms with van der Waals surface area (Å²) in [6.07, 6.45) is 0. The predicted molar refractivity (Wildman–Crippen MR) is 343 cm³/mol. The fraction of sp³-hybridized carbons (Fsp3) is 0.171. The van der Waals surface area contributed by atoms with Crippen molar-refractivity contribution in [3.63, 3.8) is 0 Å². The van der Waals surface area contributed by atoms with E-state index in [0.29, 0.717) is 28.5 Å². The molecule has 0 atom stereocenters. The van der Waals surface area contributed by atoms with Crippen LogP contribution in [0.3, 0.4) is 0 Å². The monoisotopic (exact) mass is 1270 g/mol. The maximum absolute atomic E-state index is 7.21. The molecule has 414 valence electrons. The number of fused-ring (bicyclic) bond motifs is 8. The third-order valence-electron chi connectivity index (χ3n) is 16.5. The van der Waals surface area contributed by atoms with Gasteiger partial charge in [0.2, 0.25) is 0 Å². The molecule has 7 nitrogen and oxygen atoms in total. The van der Waals surface area contributed by atoms with E-state index in [9.17, 15) is 0 Å². The van der Waals surface area contributed by atoms with Crippen molar-refractivity contribution in [2.45, 2.75) is 86.0 Å². The molecular weight excluding hydrogens is 1210 g/mol. The molecule has 4 heterocycles. The Hall–Kier alpha value is -8.90. The summed E-state index contributed by atoms with van der Waals surface area (Å²) in [5.74, 6) is 3.28. The molecule has 8 heteroatoms. The van der Waals surface area contributed by atoms with Crippen LogP contribution in [0.2, 0.25) is 0 Å². The van der Waals surface area contributed by atoms with Gasteiger partial charge in [-0.05, 0) is 147 Å². The SMILES string of the molecule is Cc1ccc2ccc3cc4c(cc3c2n1)oc1c(-c2nc3ccccc3n2-c2c(C(C)C)cc(-c3ccccc3)cc2C(C)C)[c-]c(Oc2[c-]c(-c3nc5ccccc5n3-c3c(C(C)C)cc(-c5ccccc5)cc3C(C)C)ccc2)cc14.[Pt+2]. The minimum atomic E-state index is 0. The largest absolute Gasteiger partial charge is 2.00 e. The summed E-state index contributed by atoms with van der Waals surface area (Å²) in [5.41, 5.74) is 20.6. The van der Waals surface area contributed by atoms with Crippen LogP contribution in [0.15, 0.2) is 199 Å². The van der Waals surface area contributed by atoms with Gasteiger partial charge >= 0.3 is 21.1 Å². The number of aryl methyl sites for hydroxylation is 1. The molecule has 0 aliphatic heterocycles. The van der Waals surface area contributed by atoms with Crippen LogP contribution in [0.5, 0.6) is 11.5 Å². The average Bonchev–Trinajstić information content (AvgIpc) is 2.74. The van der Waals surface area contributed by atoms with E-state index in [1.54, 1.807) is 0 Å². The van der Waals surface area contributed by atoms with Crippen molar-refractivity contribution in [1.82, 2.24) is 24.1 Å². The zero-order chi connectivity index (χ0) is 56.8. The summed E-state index contributed by atoms with van der Waals surface area (Å²) in [7, 11) is 0. The number of imidazole rings is 2. The number of hydrogen-bond donors (Lipinski definition) is 0. The van der Waals surface area contributed by atoms with Crippen LogP contribution in [-0.2, 0) is 21.1 Å². The third kappa shape index (κ3) is 9.40. The number of pyridine rings is 1. The second-order valence-electron chi connectivity index (χ2n) is 23.4. The van der Waals surface area contributed by atoms with Gasteiger partial charge in [0.1, 0.15) is 5.58 Å². The van der Waals surface area contributed by atoms with Crippen LogP contribution in [0, 0.1) is 19.1 Å². The second kappa shape index (κ2) is 21.7. The first kappa shape index (κ1) is 54.4. The first-order valence-electron chi connectivity index (χ1n) is 29.1. The quantitative estimate of drug-likeness (QED) is 0.0900. The van der Waals surface area contributed by atoms with Gasteiger partial charge < -0.3 is 18.3 Å². The van der Waals surface area contributed by atoms with E-state index in [1.165, 1.54) is 44.5 Å². The van der Waals surface area contributed by atoms with Crippen molar-refractivity contribution in [1.29, 1.82) is 0 Å². The average molecular weight is 1270 g/mol. The zero-order valence-electron chi connectivity index (χ0n) is 48.7. The molecule has 14 rings (SSSR count). The molecule has 14 aromatic rings. The molecule has 0 radical (unpaired) electrons. The fourth-order valence-electron chi connectivity index (χ4n) is 12.3. The molecule has 0 saturated carbocycles. The van der Waals surface area contributed by atoms with E-state index in [-0.39, 0.29) is 44.7 Å². The van der Waals surface area contributed by atoms with Gasteiger partial charge in [-0.15, -0.1) is 23.8 Å². The minimum absolute atomic E-state index is 0. The van der Waals surface area contributed by atoms with Gasteiger partial charge in [-0.2, -0.15) is 0 Å². The van der Waals surface area contributed by atoms with E-state index in [0.717, 1.165) is 88.6 Å². The van der Waals surface area contributed by atoms with Crippen LogP contribution in [0.4, 0.5) is 0 Å². The van der Waals surface area contributed by atoms with Crippen molar-refractivity contribution in [3.8, 4) is 67.9 Å². The van der Waals surface area contributed by atoms with Crippen molar-refractivity contribution in [2.24, 2.45) is 0 Å². The minimum Gasteiger partial charge on any atom is -0.501 e. The predicted octanol–water partition coefficient (Wildman–Crippen LogP) is 20.8. The maximum atomic E-state index is 7.21. The number of rotatable bonds is 12. The Kier molecular flexibility index (Phi) is 14.0. The summed E-state index contributed by atoms with van der Waals surface area (Å²) in [6.45, 7) is 20.3. The number of para-hydroxylation sites is 4. The number of ether oxygens (including phenoxy) is 1. The number of hydrogen-bond acceptors (Lipinski definition) is 5. The molecule has 4 aromatic heterocycles. The molecule has 0 aliphatic carbocycles. The number of furan rings is 1. The van der Waals surface area contributed by atoms with Gasteiger partial charge in [0.25, 0.3) is 0 Å². The van der Waals surface area contributed by atoms with E-state index < -0.39 is 0 Å². The zero-order valence-corrected chi connectivity index (χ0v) is 50.9. The first-order valence-corrected chi connectivity index (χ1v) is 29.1. The summed E-state index contributed by atoms with van der Waals surface area (Å²) < 4.78 is 19.1. The molecule has 0 amide bonds. The molecule has 0 fully saturated rings. The molecule has 84 heavy (non-hydrogen) atoms. The van der Waals surface area contributed by atoms with E-state index in [2.05, 4.69) is 259 Å². The summed E-state index contributed by atoms with van der Waals surface area (Å²) in [6, 6.07) is 76.4. The van der Waals surface area contributed by atoms with Gasteiger partial charge in [0.05, 0.1) is 44.8 Å². The normalized spacial score (nSPS) is 12.0. The van der Waals surface area contributed by atoms with Crippen molar-refractivity contribution in [3.05, 3.63) is 234 Å². The topological polar surface area (TPSA) is 70.9 Å².